The van der Waals surface area contributed by atoms with Crippen LogP contribution in [0.15, 0.2) is 46.0 Å². The van der Waals surface area contributed by atoms with Gasteiger partial charge in [0.2, 0.25) is 5.91 Å². The number of aliphatic hydroxyl groups excluding tert-OH is 1. The Morgan fingerprint density at radius 3 is 2.69 bits per heavy atom. The average molecular weight is 626 g/mol. The molecule has 2 aromatic carbocycles. The van der Waals surface area contributed by atoms with E-state index in [-0.39, 0.29) is 25.0 Å². The normalized spacial score (nSPS) is 13.7. The Kier molecular flexibility index (Phi) is 12.8. The second-order valence-corrected chi connectivity index (χ2v) is 10.1. The lowest BCUT2D eigenvalue weighted by atomic mass is 10.0. The Balaban J connectivity index is 1.31. The number of benzene rings is 2. The van der Waals surface area contributed by atoms with Gasteiger partial charge in [-0.2, -0.15) is 5.10 Å². The molecule has 0 spiro atoms. The number of nitrogens with zero attached hydrogens (tertiary/aromatic N) is 1. The molecule has 4 N–H and O–H groups in total. The summed E-state index contributed by atoms with van der Waals surface area (Å²) in [6.45, 7) is 4.26. The van der Waals surface area contributed by atoms with Crippen LogP contribution in [0.5, 0.6) is 17.2 Å². The predicted molar refractivity (Wildman–Crippen MR) is 153 cm³/mol. The van der Waals surface area contributed by atoms with Crippen molar-refractivity contribution in [3.05, 3.63) is 51.5 Å². The molecule has 0 fully saturated rings. The highest BCUT2D eigenvalue weighted by Crippen LogP contribution is 2.29. The van der Waals surface area contributed by atoms with Crippen molar-refractivity contribution in [2.75, 3.05) is 39.5 Å². The van der Waals surface area contributed by atoms with Crippen LogP contribution in [-0.2, 0) is 9.59 Å². The first-order valence-corrected chi connectivity index (χ1v) is 14.0. The number of amides is 2. The predicted octanol–water partition coefficient (Wildman–Crippen LogP) is 3.42. The zero-order valence-corrected chi connectivity index (χ0v) is 24.1. The molecule has 3 rings (SSSR count). The van der Waals surface area contributed by atoms with Gasteiger partial charge in [-0.3, -0.25) is 9.59 Å². The molecule has 39 heavy (non-hydrogen) atoms. The van der Waals surface area contributed by atoms with Gasteiger partial charge >= 0.3 is 0 Å². The quantitative estimate of drug-likeness (QED) is 0.210. The third-order valence-electron chi connectivity index (χ3n) is 5.58. The molecule has 0 saturated carbocycles. The highest BCUT2D eigenvalue weighted by Gasteiger charge is 2.15. The SMILES string of the molecule is CCCNC[C@@H](O)COc1ccc(OCCCNC(=O)COc2ccc(C3=NNC(=O)CC3)cc2Cl)cc1Br. The van der Waals surface area contributed by atoms with E-state index in [0.29, 0.717) is 61.2 Å². The Morgan fingerprint density at radius 1 is 1.15 bits per heavy atom. The summed E-state index contributed by atoms with van der Waals surface area (Å²) in [4.78, 5) is 23.4. The summed E-state index contributed by atoms with van der Waals surface area (Å²) in [5.41, 5.74) is 3.99. The summed E-state index contributed by atoms with van der Waals surface area (Å²) >= 11 is 9.77. The van der Waals surface area contributed by atoms with Crippen LogP contribution in [0, 0.1) is 0 Å². The number of hydrogen-bond donors (Lipinski definition) is 4. The summed E-state index contributed by atoms with van der Waals surface area (Å²) in [6.07, 6.45) is 1.93. The van der Waals surface area contributed by atoms with Crippen LogP contribution in [0.3, 0.4) is 0 Å². The molecule has 0 aliphatic carbocycles. The van der Waals surface area contributed by atoms with Crippen molar-refractivity contribution < 1.29 is 28.9 Å². The fourth-order valence-electron chi connectivity index (χ4n) is 3.54. The molecule has 0 aromatic heterocycles. The van der Waals surface area contributed by atoms with Crippen LogP contribution in [0.25, 0.3) is 0 Å². The maximum atomic E-state index is 12.1. The van der Waals surface area contributed by atoms with Crippen LogP contribution >= 0.6 is 27.5 Å². The smallest absolute Gasteiger partial charge is 0.257 e. The number of aliphatic hydroxyl groups is 1. The molecule has 10 nitrogen and oxygen atoms in total. The van der Waals surface area contributed by atoms with E-state index in [1.165, 1.54) is 0 Å². The molecular formula is C27H34BrClN4O6. The van der Waals surface area contributed by atoms with Crippen LogP contribution < -0.4 is 30.3 Å². The molecule has 1 aliphatic heterocycles. The van der Waals surface area contributed by atoms with E-state index in [2.05, 4.69) is 44.0 Å². The van der Waals surface area contributed by atoms with E-state index < -0.39 is 6.10 Å². The molecule has 0 unspecified atom stereocenters. The van der Waals surface area contributed by atoms with Crippen molar-refractivity contribution in [3.8, 4) is 17.2 Å². The van der Waals surface area contributed by atoms with E-state index >= 15 is 0 Å². The van der Waals surface area contributed by atoms with Gasteiger partial charge in [-0.05, 0) is 77.3 Å². The molecular weight excluding hydrogens is 592 g/mol. The van der Waals surface area contributed by atoms with Gasteiger partial charge in [0.05, 0.1) is 21.8 Å². The summed E-state index contributed by atoms with van der Waals surface area (Å²) < 4.78 is 17.7. The van der Waals surface area contributed by atoms with E-state index in [0.717, 1.165) is 28.7 Å². The average Bonchev–Trinajstić information content (AvgIpc) is 2.92. The highest BCUT2D eigenvalue weighted by molar-refractivity contribution is 9.10. The van der Waals surface area contributed by atoms with E-state index in [1.807, 2.05) is 0 Å². The lowest BCUT2D eigenvalue weighted by Crippen LogP contribution is -2.31. The van der Waals surface area contributed by atoms with Crippen LogP contribution in [0.4, 0.5) is 0 Å². The second-order valence-electron chi connectivity index (χ2n) is 8.84. The summed E-state index contributed by atoms with van der Waals surface area (Å²) in [5.74, 6) is 1.29. The Labute approximate surface area is 241 Å². The summed E-state index contributed by atoms with van der Waals surface area (Å²) in [7, 11) is 0. The number of ether oxygens (including phenoxy) is 3. The molecule has 1 aliphatic rings. The monoisotopic (exact) mass is 624 g/mol. The molecule has 1 atom stereocenters. The van der Waals surface area contributed by atoms with Crippen molar-refractivity contribution >= 4 is 45.1 Å². The van der Waals surface area contributed by atoms with E-state index in [9.17, 15) is 14.7 Å². The first kappa shape index (κ1) is 30.7. The fraction of sp³-hybridized carbons (Fsp3) is 0.444. The number of hydrazone groups is 1. The Bertz CT molecular complexity index is 1150. The number of halogens is 2. The van der Waals surface area contributed by atoms with Gasteiger partial charge in [0, 0.05) is 25.9 Å². The molecule has 0 saturated heterocycles. The maximum Gasteiger partial charge on any atom is 0.257 e. The third-order valence-corrected chi connectivity index (χ3v) is 6.50. The Hall–Kier alpha value is -2.86. The first-order chi connectivity index (χ1) is 18.9. The van der Waals surface area contributed by atoms with Crippen molar-refractivity contribution in [2.24, 2.45) is 5.10 Å². The lowest BCUT2D eigenvalue weighted by molar-refractivity contribution is -0.123. The van der Waals surface area contributed by atoms with Gasteiger partial charge in [0.15, 0.2) is 6.61 Å². The molecule has 2 aromatic rings. The van der Waals surface area contributed by atoms with Crippen LogP contribution in [0.1, 0.15) is 38.2 Å². The minimum absolute atomic E-state index is 0.112. The largest absolute Gasteiger partial charge is 0.493 e. The van der Waals surface area contributed by atoms with Crippen molar-refractivity contribution in [1.29, 1.82) is 0 Å². The number of rotatable bonds is 16. The molecule has 0 radical (unpaired) electrons. The third kappa shape index (κ3) is 10.7. The lowest BCUT2D eigenvalue weighted by Gasteiger charge is -2.15. The van der Waals surface area contributed by atoms with Crippen LogP contribution in [-0.4, -0.2) is 68.2 Å². The fourth-order valence-corrected chi connectivity index (χ4v) is 4.25. The van der Waals surface area contributed by atoms with E-state index in [1.54, 1.807) is 36.4 Å². The van der Waals surface area contributed by atoms with Gasteiger partial charge in [-0.25, -0.2) is 5.43 Å². The minimum Gasteiger partial charge on any atom is -0.493 e. The summed E-state index contributed by atoms with van der Waals surface area (Å²) in [6, 6.07) is 10.5. The second kappa shape index (κ2) is 16.3. The van der Waals surface area contributed by atoms with Crippen molar-refractivity contribution in [1.82, 2.24) is 16.1 Å². The maximum absolute atomic E-state index is 12.1. The van der Waals surface area contributed by atoms with E-state index in [4.69, 9.17) is 25.8 Å². The molecule has 1 heterocycles. The van der Waals surface area contributed by atoms with Gasteiger partial charge < -0.3 is 30.0 Å². The summed E-state index contributed by atoms with van der Waals surface area (Å²) in [5, 5.41) is 20.3. The van der Waals surface area contributed by atoms with Gasteiger partial charge in [-0.1, -0.05) is 18.5 Å². The van der Waals surface area contributed by atoms with Crippen LogP contribution in [0.2, 0.25) is 5.02 Å². The molecule has 212 valence electrons. The topological polar surface area (TPSA) is 131 Å². The number of carbonyl (C=O) groups is 2. The van der Waals surface area contributed by atoms with Crippen molar-refractivity contribution in [3.63, 3.8) is 0 Å². The number of nitrogens with one attached hydrogen (secondary N) is 3. The van der Waals surface area contributed by atoms with Gasteiger partial charge in [-0.15, -0.1) is 0 Å². The zero-order valence-electron chi connectivity index (χ0n) is 21.8. The number of hydrogen-bond acceptors (Lipinski definition) is 8. The molecule has 2 amide bonds. The highest BCUT2D eigenvalue weighted by atomic mass is 79.9. The van der Waals surface area contributed by atoms with Gasteiger partial charge in [0.25, 0.3) is 5.91 Å². The number of carbonyl (C=O) groups excluding carboxylic acids is 2. The molecule has 12 heteroatoms. The molecule has 0 bridgehead atoms. The van der Waals surface area contributed by atoms with Crippen molar-refractivity contribution in [2.45, 2.75) is 38.7 Å². The standard InChI is InChI=1S/C27H34BrClN4O6/c1-2-10-30-15-19(34)16-38-24-8-5-20(14-21(24)28)37-12-3-11-31-27(36)17-39-25-7-4-18(13-22(25)29)23-6-9-26(35)33-32-23/h4-5,7-8,13-14,19,30,34H,2-3,6,9-12,15-17H2,1H3,(H,31,36)(H,33,35)/t19-/m1/s1. The minimum atomic E-state index is -0.592. The van der Waals surface area contributed by atoms with Gasteiger partial charge in [0.1, 0.15) is 30.0 Å². The Morgan fingerprint density at radius 2 is 1.97 bits per heavy atom. The first-order valence-electron chi connectivity index (χ1n) is 12.8. The zero-order chi connectivity index (χ0) is 28.0.